The smallest absolute Gasteiger partial charge is 0.408 e. The maximum atomic E-state index is 13.2. The molecule has 0 fully saturated rings. The first kappa shape index (κ1) is 13.4. The highest BCUT2D eigenvalue weighted by Crippen LogP contribution is 2.23. The summed E-state index contributed by atoms with van der Waals surface area (Å²) in [5.74, 6) is 0.347. The van der Waals surface area contributed by atoms with Gasteiger partial charge in [0.05, 0.1) is 0 Å². The number of hydrogen-bond donors (Lipinski definition) is 0. The van der Waals surface area contributed by atoms with Gasteiger partial charge in [0.2, 0.25) is 0 Å². The maximum Gasteiger partial charge on any atom is 0.408 e. The first-order valence-corrected chi connectivity index (χ1v) is 6.52. The molecule has 0 saturated heterocycles. The summed E-state index contributed by atoms with van der Waals surface area (Å²) in [5.41, 5.74) is 2.06. The second kappa shape index (κ2) is 5.79. The Balaban J connectivity index is 1.79. The van der Waals surface area contributed by atoms with Gasteiger partial charge < -0.3 is 4.65 Å². The number of benzene rings is 2. The summed E-state index contributed by atoms with van der Waals surface area (Å²) >= 11 is 0. The predicted molar refractivity (Wildman–Crippen MR) is 83.6 cm³/mol. The number of rotatable bonds is 4. The van der Waals surface area contributed by atoms with Crippen molar-refractivity contribution in [2.24, 2.45) is 0 Å². The molecule has 0 aliphatic carbocycles. The van der Waals surface area contributed by atoms with Crippen molar-refractivity contribution >= 4 is 23.9 Å². The largest absolute Gasteiger partial charge is 0.556 e. The minimum absolute atomic E-state index is 0.297. The van der Waals surface area contributed by atoms with Crippen LogP contribution in [-0.4, -0.2) is 12.5 Å². The fourth-order valence-electron chi connectivity index (χ4n) is 2.06. The Morgan fingerprint density at radius 2 is 1.90 bits per heavy atom. The van der Waals surface area contributed by atoms with E-state index in [1.807, 2.05) is 30.3 Å². The average molecular weight is 276 g/mol. The molecule has 0 amide bonds. The molecule has 0 bridgehead atoms. The Morgan fingerprint density at radius 3 is 2.76 bits per heavy atom. The third-order valence-corrected chi connectivity index (χ3v) is 3.12. The van der Waals surface area contributed by atoms with Gasteiger partial charge in [-0.1, -0.05) is 30.3 Å². The van der Waals surface area contributed by atoms with Crippen molar-refractivity contribution in [1.82, 2.24) is 4.98 Å². The van der Waals surface area contributed by atoms with E-state index >= 15 is 0 Å². The van der Waals surface area contributed by atoms with Crippen LogP contribution in [-0.2, 0) is 0 Å². The predicted octanol–water partition coefficient (Wildman–Crippen LogP) is 4.04. The van der Waals surface area contributed by atoms with Gasteiger partial charge in [-0.05, 0) is 35.3 Å². The van der Waals surface area contributed by atoms with Gasteiger partial charge in [0.25, 0.3) is 0 Å². The molecule has 3 rings (SSSR count). The van der Waals surface area contributed by atoms with Gasteiger partial charge in [-0.2, -0.15) is 0 Å². The summed E-state index contributed by atoms with van der Waals surface area (Å²) in [4.78, 5) is 4.31. The lowest BCUT2D eigenvalue weighted by Gasteiger charge is -2.09. The molecule has 1 aromatic heterocycles. The molecule has 4 heteroatoms. The van der Waals surface area contributed by atoms with E-state index in [4.69, 9.17) is 4.65 Å². The second-order valence-corrected chi connectivity index (χ2v) is 4.60. The third-order valence-electron chi connectivity index (χ3n) is 3.12. The molecule has 0 atom stereocenters. The van der Waals surface area contributed by atoms with Crippen LogP contribution in [0.4, 0.5) is 4.39 Å². The minimum Gasteiger partial charge on any atom is -0.556 e. The molecule has 2 aromatic carbocycles. The van der Waals surface area contributed by atoms with E-state index in [2.05, 4.69) is 11.6 Å². The lowest BCUT2D eigenvalue weighted by Crippen LogP contribution is -2.05. The van der Waals surface area contributed by atoms with Gasteiger partial charge in [-0.3, -0.25) is 4.98 Å². The monoisotopic (exact) mass is 276 g/mol. The fraction of sp³-hybridized carbons (Fsp3) is 0. The molecular formula is C17H12BFNO. The topological polar surface area (TPSA) is 22.1 Å². The average Bonchev–Trinajstić information content (AvgIpc) is 2.52. The van der Waals surface area contributed by atoms with E-state index in [0.29, 0.717) is 16.8 Å². The summed E-state index contributed by atoms with van der Waals surface area (Å²) in [6.45, 7) is 3.89. The number of pyridine rings is 1. The SMILES string of the molecule is C=C([B]Oc1cccc2cccnc12)c1cccc(F)c1. The van der Waals surface area contributed by atoms with Crippen LogP contribution < -0.4 is 4.65 Å². The maximum absolute atomic E-state index is 13.2. The van der Waals surface area contributed by atoms with Crippen molar-refractivity contribution in [2.75, 3.05) is 0 Å². The van der Waals surface area contributed by atoms with E-state index in [1.165, 1.54) is 19.6 Å². The zero-order valence-corrected chi connectivity index (χ0v) is 11.3. The van der Waals surface area contributed by atoms with E-state index in [0.717, 1.165) is 10.9 Å². The van der Waals surface area contributed by atoms with Gasteiger partial charge in [-0.25, -0.2) is 4.39 Å². The molecule has 1 radical (unpaired) electrons. The fourth-order valence-corrected chi connectivity index (χ4v) is 2.06. The Labute approximate surface area is 123 Å². The summed E-state index contributed by atoms with van der Waals surface area (Å²) in [7, 11) is 1.51. The van der Waals surface area contributed by atoms with Crippen molar-refractivity contribution in [3.63, 3.8) is 0 Å². The Bertz CT molecular complexity index is 798. The van der Waals surface area contributed by atoms with Crippen LogP contribution >= 0.6 is 0 Å². The Morgan fingerprint density at radius 1 is 1.10 bits per heavy atom. The second-order valence-electron chi connectivity index (χ2n) is 4.60. The van der Waals surface area contributed by atoms with Gasteiger partial charge in [0.1, 0.15) is 17.1 Å². The Kier molecular flexibility index (Phi) is 3.69. The van der Waals surface area contributed by atoms with Crippen molar-refractivity contribution in [1.29, 1.82) is 0 Å². The van der Waals surface area contributed by atoms with E-state index in [1.54, 1.807) is 18.3 Å². The minimum atomic E-state index is -0.297. The Hall–Kier alpha value is -2.62. The molecule has 101 valence electrons. The lowest BCUT2D eigenvalue weighted by atomic mass is 9.83. The van der Waals surface area contributed by atoms with Gasteiger partial charge in [0, 0.05) is 11.6 Å². The number of aromatic nitrogens is 1. The zero-order chi connectivity index (χ0) is 14.7. The molecule has 21 heavy (non-hydrogen) atoms. The van der Waals surface area contributed by atoms with Crippen molar-refractivity contribution < 1.29 is 9.04 Å². The first-order chi connectivity index (χ1) is 10.2. The highest BCUT2D eigenvalue weighted by atomic mass is 19.1. The number of halogens is 1. The quantitative estimate of drug-likeness (QED) is 0.671. The van der Waals surface area contributed by atoms with Crippen LogP contribution in [0.2, 0.25) is 0 Å². The van der Waals surface area contributed by atoms with Crippen LogP contribution in [0.1, 0.15) is 5.56 Å². The molecule has 1 heterocycles. The highest BCUT2D eigenvalue weighted by Gasteiger charge is 2.08. The summed E-state index contributed by atoms with van der Waals surface area (Å²) < 4.78 is 18.9. The molecule has 0 unspecified atom stereocenters. The number of para-hydroxylation sites is 1. The normalized spacial score (nSPS) is 10.3. The van der Waals surface area contributed by atoms with Crippen LogP contribution in [0.3, 0.4) is 0 Å². The zero-order valence-electron chi connectivity index (χ0n) is 11.3. The molecular weight excluding hydrogens is 264 g/mol. The molecule has 2 nitrogen and oxygen atoms in total. The summed E-state index contributed by atoms with van der Waals surface area (Å²) in [6, 6.07) is 15.8. The lowest BCUT2D eigenvalue weighted by molar-refractivity contribution is 0.611. The number of hydrogen-bond acceptors (Lipinski definition) is 2. The van der Waals surface area contributed by atoms with Gasteiger partial charge >= 0.3 is 7.48 Å². The molecule has 0 aliphatic rings. The molecule has 0 saturated carbocycles. The highest BCUT2D eigenvalue weighted by molar-refractivity contribution is 6.55. The van der Waals surface area contributed by atoms with Crippen LogP contribution in [0.15, 0.2) is 67.4 Å². The number of nitrogens with zero attached hydrogens (tertiary/aromatic N) is 1. The van der Waals surface area contributed by atoms with Crippen molar-refractivity contribution in [3.8, 4) is 5.75 Å². The van der Waals surface area contributed by atoms with E-state index < -0.39 is 0 Å². The molecule has 3 aromatic rings. The van der Waals surface area contributed by atoms with E-state index in [9.17, 15) is 4.39 Å². The molecule has 0 N–H and O–H groups in total. The van der Waals surface area contributed by atoms with Crippen molar-refractivity contribution in [3.05, 3.63) is 78.8 Å². The van der Waals surface area contributed by atoms with Crippen molar-refractivity contribution in [2.45, 2.75) is 0 Å². The molecule has 0 spiro atoms. The van der Waals surface area contributed by atoms with Crippen LogP contribution in [0.25, 0.3) is 16.4 Å². The molecule has 0 aliphatic heterocycles. The van der Waals surface area contributed by atoms with Crippen LogP contribution in [0.5, 0.6) is 5.75 Å². The third kappa shape index (κ3) is 2.94. The van der Waals surface area contributed by atoms with Crippen LogP contribution in [0, 0.1) is 5.82 Å². The summed E-state index contributed by atoms with van der Waals surface area (Å²) in [6.07, 6.45) is 1.72. The first-order valence-electron chi connectivity index (χ1n) is 6.52. The van der Waals surface area contributed by atoms with Gasteiger partial charge in [0.15, 0.2) is 0 Å². The van der Waals surface area contributed by atoms with Gasteiger partial charge in [-0.15, -0.1) is 6.58 Å². The number of fused-ring (bicyclic) bond motifs is 1. The van der Waals surface area contributed by atoms with E-state index in [-0.39, 0.29) is 5.82 Å². The standard InChI is InChI=1S/C17H12BFNO/c1-12(14-6-2-8-15(19)11-14)18-21-16-9-3-5-13-7-4-10-20-17(13)16/h2-11H,1H2. The summed E-state index contributed by atoms with van der Waals surface area (Å²) in [5, 5.41) is 1.000.